The van der Waals surface area contributed by atoms with Gasteiger partial charge in [-0.15, -0.1) is 0 Å². The van der Waals surface area contributed by atoms with Crippen LogP contribution in [0.15, 0.2) is 35.1 Å². The van der Waals surface area contributed by atoms with Crippen molar-refractivity contribution in [3.05, 3.63) is 57.4 Å². The molecule has 0 aliphatic heterocycles. The lowest BCUT2D eigenvalue weighted by atomic mass is 10.0. The van der Waals surface area contributed by atoms with Crippen molar-refractivity contribution in [1.82, 2.24) is 4.57 Å². The highest BCUT2D eigenvalue weighted by molar-refractivity contribution is 5.61. The zero-order chi connectivity index (χ0) is 14.2. The molecule has 0 aliphatic rings. The summed E-state index contributed by atoms with van der Waals surface area (Å²) in [6, 6.07) is 9.78. The van der Waals surface area contributed by atoms with Crippen LogP contribution >= 0.6 is 0 Å². The zero-order valence-corrected chi connectivity index (χ0v) is 11.9. The standard InChI is InChI=1S/C16H20N2O/c1-10-5-6-13(9-11(10)2)15-8-7-14(12(3)17)16(19)18(15)4/h5-9,12H,17H2,1-4H3. The first-order chi connectivity index (χ1) is 8.91. The molecule has 100 valence electrons. The van der Waals surface area contributed by atoms with E-state index in [1.165, 1.54) is 11.1 Å². The van der Waals surface area contributed by atoms with Crippen molar-refractivity contribution in [2.24, 2.45) is 12.8 Å². The number of hydrogen-bond donors (Lipinski definition) is 1. The van der Waals surface area contributed by atoms with Gasteiger partial charge in [0, 0.05) is 18.7 Å². The summed E-state index contributed by atoms with van der Waals surface area (Å²) in [7, 11) is 1.79. The Hall–Kier alpha value is -1.87. The van der Waals surface area contributed by atoms with Crippen molar-refractivity contribution in [2.75, 3.05) is 0 Å². The van der Waals surface area contributed by atoms with Crippen LogP contribution < -0.4 is 11.3 Å². The molecule has 3 nitrogen and oxygen atoms in total. The van der Waals surface area contributed by atoms with Gasteiger partial charge in [-0.3, -0.25) is 4.79 Å². The van der Waals surface area contributed by atoms with E-state index in [1.54, 1.807) is 11.6 Å². The van der Waals surface area contributed by atoms with Gasteiger partial charge < -0.3 is 10.3 Å². The van der Waals surface area contributed by atoms with Crippen LogP contribution in [0.1, 0.15) is 29.7 Å². The van der Waals surface area contributed by atoms with Crippen LogP contribution in [0.2, 0.25) is 0 Å². The number of pyridine rings is 1. The minimum Gasteiger partial charge on any atom is -0.324 e. The van der Waals surface area contributed by atoms with Crippen LogP contribution in [0, 0.1) is 13.8 Å². The Bertz CT molecular complexity index is 669. The lowest BCUT2D eigenvalue weighted by Gasteiger charge is -2.13. The average Bonchev–Trinajstić information content (AvgIpc) is 2.36. The van der Waals surface area contributed by atoms with E-state index in [-0.39, 0.29) is 11.6 Å². The zero-order valence-electron chi connectivity index (χ0n) is 11.9. The topological polar surface area (TPSA) is 48.0 Å². The summed E-state index contributed by atoms with van der Waals surface area (Å²) in [6.45, 7) is 5.98. The van der Waals surface area contributed by atoms with Gasteiger partial charge in [-0.1, -0.05) is 12.1 Å². The summed E-state index contributed by atoms with van der Waals surface area (Å²) in [4.78, 5) is 12.2. The minimum absolute atomic E-state index is 0.0225. The first kappa shape index (κ1) is 13.6. The molecule has 1 aromatic carbocycles. The molecule has 19 heavy (non-hydrogen) atoms. The highest BCUT2D eigenvalue weighted by atomic mass is 16.1. The number of nitrogens with zero attached hydrogens (tertiary/aromatic N) is 1. The third-order valence-electron chi connectivity index (χ3n) is 3.63. The molecule has 1 atom stereocenters. The summed E-state index contributed by atoms with van der Waals surface area (Å²) < 4.78 is 1.67. The van der Waals surface area contributed by atoms with E-state index in [1.807, 2.05) is 25.1 Å². The van der Waals surface area contributed by atoms with E-state index < -0.39 is 0 Å². The molecule has 2 aromatic rings. The Labute approximate surface area is 113 Å². The molecule has 1 unspecified atom stereocenters. The quantitative estimate of drug-likeness (QED) is 0.898. The molecule has 0 aliphatic carbocycles. The molecule has 0 amide bonds. The molecule has 0 fully saturated rings. The van der Waals surface area contributed by atoms with Crippen molar-refractivity contribution in [1.29, 1.82) is 0 Å². The summed E-state index contributed by atoms with van der Waals surface area (Å²) in [6.07, 6.45) is 0. The second-order valence-electron chi connectivity index (χ2n) is 5.13. The highest BCUT2D eigenvalue weighted by Gasteiger charge is 2.10. The van der Waals surface area contributed by atoms with Crippen molar-refractivity contribution in [3.8, 4) is 11.3 Å². The highest BCUT2D eigenvalue weighted by Crippen LogP contribution is 2.21. The van der Waals surface area contributed by atoms with Crippen LogP contribution in [-0.4, -0.2) is 4.57 Å². The fraction of sp³-hybridized carbons (Fsp3) is 0.312. The Morgan fingerprint density at radius 3 is 2.37 bits per heavy atom. The summed E-state index contributed by atoms with van der Waals surface area (Å²) in [5.41, 5.74) is 10.9. The molecule has 0 bridgehead atoms. The molecule has 0 spiro atoms. The predicted molar refractivity (Wildman–Crippen MR) is 79.2 cm³/mol. The van der Waals surface area contributed by atoms with Gasteiger partial charge in [0.05, 0.1) is 5.69 Å². The van der Waals surface area contributed by atoms with Gasteiger partial charge in [0.25, 0.3) is 5.56 Å². The molecular formula is C16H20N2O. The maximum Gasteiger partial charge on any atom is 0.255 e. The van der Waals surface area contributed by atoms with E-state index in [9.17, 15) is 4.79 Å². The normalized spacial score (nSPS) is 12.5. The van der Waals surface area contributed by atoms with E-state index in [4.69, 9.17) is 5.73 Å². The molecular weight excluding hydrogens is 236 g/mol. The van der Waals surface area contributed by atoms with E-state index in [0.29, 0.717) is 5.56 Å². The third-order valence-corrected chi connectivity index (χ3v) is 3.63. The second kappa shape index (κ2) is 5.02. The third kappa shape index (κ3) is 2.47. The molecule has 0 saturated heterocycles. The number of aryl methyl sites for hydroxylation is 2. The molecule has 3 heteroatoms. The number of rotatable bonds is 2. The summed E-state index contributed by atoms with van der Waals surface area (Å²) in [5, 5.41) is 0. The van der Waals surface area contributed by atoms with E-state index in [0.717, 1.165) is 11.3 Å². The fourth-order valence-electron chi connectivity index (χ4n) is 2.19. The Morgan fingerprint density at radius 1 is 1.11 bits per heavy atom. The first-order valence-electron chi connectivity index (χ1n) is 6.45. The van der Waals surface area contributed by atoms with Crippen molar-refractivity contribution in [2.45, 2.75) is 26.8 Å². The van der Waals surface area contributed by atoms with Gasteiger partial charge in [-0.05, 0) is 55.7 Å². The van der Waals surface area contributed by atoms with E-state index >= 15 is 0 Å². The lowest BCUT2D eigenvalue weighted by molar-refractivity contribution is 0.760. The summed E-state index contributed by atoms with van der Waals surface area (Å²) in [5.74, 6) is 0. The monoisotopic (exact) mass is 256 g/mol. The van der Waals surface area contributed by atoms with Crippen LogP contribution in [0.25, 0.3) is 11.3 Å². The Kier molecular flexibility index (Phi) is 3.58. The predicted octanol–water partition coefficient (Wildman–Crippen LogP) is 2.69. The van der Waals surface area contributed by atoms with E-state index in [2.05, 4.69) is 26.0 Å². The number of nitrogens with two attached hydrogens (primary N) is 1. The van der Waals surface area contributed by atoms with Crippen LogP contribution in [0.3, 0.4) is 0 Å². The summed E-state index contributed by atoms with van der Waals surface area (Å²) >= 11 is 0. The van der Waals surface area contributed by atoms with Gasteiger partial charge in [-0.2, -0.15) is 0 Å². The smallest absolute Gasteiger partial charge is 0.255 e. The molecule has 1 aromatic heterocycles. The lowest BCUT2D eigenvalue weighted by Crippen LogP contribution is -2.26. The number of aromatic nitrogens is 1. The van der Waals surface area contributed by atoms with Crippen LogP contribution in [-0.2, 0) is 7.05 Å². The van der Waals surface area contributed by atoms with Crippen LogP contribution in [0.5, 0.6) is 0 Å². The van der Waals surface area contributed by atoms with Gasteiger partial charge in [0.1, 0.15) is 0 Å². The minimum atomic E-state index is -0.243. The maximum absolute atomic E-state index is 12.2. The fourth-order valence-corrected chi connectivity index (χ4v) is 2.19. The molecule has 2 rings (SSSR count). The van der Waals surface area contributed by atoms with Crippen molar-refractivity contribution in [3.63, 3.8) is 0 Å². The molecule has 1 heterocycles. The average molecular weight is 256 g/mol. The van der Waals surface area contributed by atoms with Crippen LogP contribution in [0.4, 0.5) is 0 Å². The van der Waals surface area contributed by atoms with Gasteiger partial charge in [0.15, 0.2) is 0 Å². The number of benzene rings is 1. The van der Waals surface area contributed by atoms with Crippen molar-refractivity contribution >= 4 is 0 Å². The number of hydrogen-bond acceptors (Lipinski definition) is 2. The molecule has 0 radical (unpaired) electrons. The largest absolute Gasteiger partial charge is 0.324 e. The molecule has 2 N–H and O–H groups in total. The SMILES string of the molecule is Cc1ccc(-c2ccc(C(C)N)c(=O)n2C)cc1C. The van der Waals surface area contributed by atoms with Gasteiger partial charge in [-0.25, -0.2) is 0 Å². The first-order valence-corrected chi connectivity index (χ1v) is 6.45. The van der Waals surface area contributed by atoms with Gasteiger partial charge in [0.2, 0.25) is 0 Å². The van der Waals surface area contributed by atoms with Gasteiger partial charge >= 0.3 is 0 Å². The Morgan fingerprint density at radius 2 is 1.79 bits per heavy atom. The molecule has 0 saturated carbocycles. The van der Waals surface area contributed by atoms with Crippen molar-refractivity contribution < 1.29 is 0 Å². The maximum atomic E-state index is 12.2. The second-order valence-corrected chi connectivity index (χ2v) is 5.13. The Balaban J connectivity index is 2.61.